The fourth-order valence-corrected chi connectivity index (χ4v) is 3.07. The first-order valence-corrected chi connectivity index (χ1v) is 7.12. The molecule has 3 N–H and O–H groups in total. The molecule has 18 heavy (non-hydrogen) atoms. The second-order valence-corrected chi connectivity index (χ2v) is 5.50. The first-order chi connectivity index (χ1) is 8.68. The summed E-state index contributed by atoms with van der Waals surface area (Å²) in [4.78, 5) is 10.6. The third-order valence-corrected chi connectivity index (χ3v) is 4.17. The molecular weight excluding hydrogens is 250 g/mol. The van der Waals surface area contributed by atoms with Gasteiger partial charge in [-0.2, -0.15) is 11.8 Å². The van der Waals surface area contributed by atoms with E-state index in [0.717, 1.165) is 23.9 Å². The van der Waals surface area contributed by atoms with E-state index in [1.54, 1.807) is 11.8 Å². The van der Waals surface area contributed by atoms with E-state index < -0.39 is 12.0 Å². The summed E-state index contributed by atoms with van der Waals surface area (Å²) in [5.74, 6) is 2.18. The van der Waals surface area contributed by atoms with Crippen LogP contribution in [0.4, 0.5) is 0 Å². The van der Waals surface area contributed by atoms with Crippen LogP contribution >= 0.6 is 11.8 Å². The van der Waals surface area contributed by atoms with E-state index in [1.807, 2.05) is 18.2 Å². The quantitative estimate of drug-likeness (QED) is 0.767. The van der Waals surface area contributed by atoms with Crippen molar-refractivity contribution in [2.24, 2.45) is 5.73 Å². The number of benzene rings is 1. The Labute approximate surface area is 111 Å². The topological polar surface area (TPSA) is 72.5 Å². The molecule has 1 aliphatic heterocycles. The van der Waals surface area contributed by atoms with Crippen LogP contribution in [-0.4, -0.2) is 35.2 Å². The van der Waals surface area contributed by atoms with Crippen molar-refractivity contribution in [1.82, 2.24) is 0 Å². The first-order valence-electron chi connectivity index (χ1n) is 5.96. The van der Waals surface area contributed by atoms with Gasteiger partial charge in [0.2, 0.25) is 0 Å². The van der Waals surface area contributed by atoms with Crippen LogP contribution in [0.2, 0.25) is 0 Å². The maximum Gasteiger partial charge on any atom is 0.320 e. The number of carboxylic acid groups (broad SMARTS) is 1. The predicted molar refractivity (Wildman–Crippen MR) is 72.2 cm³/mol. The number of para-hydroxylation sites is 1. The van der Waals surface area contributed by atoms with E-state index in [9.17, 15) is 4.79 Å². The number of thioether (sulfide) groups is 1. The molecule has 1 aromatic rings. The van der Waals surface area contributed by atoms with Crippen LogP contribution in [0.25, 0.3) is 0 Å². The molecule has 0 aromatic heterocycles. The van der Waals surface area contributed by atoms with Crippen LogP contribution in [0.1, 0.15) is 17.9 Å². The maximum atomic E-state index is 10.6. The van der Waals surface area contributed by atoms with Crippen LogP contribution in [0.15, 0.2) is 24.3 Å². The maximum absolute atomic E-state index is 10.6. The van der Waals surface area contributed by atoms with Crippen molar-refractivity contribution in [2.75, 3.05) is 18.1 Å². The zero-order chi connectivity index (χ0) is 13.0. The molecule has 0 aliphatic carbocycles. The van der Waals surface area contributed by atoms with Gasteiger partial charge in [0.15, 0.2) is 0 Å². The molecule has 0 spiro atoms. The van der Waals surface area contributed by atoms with Gasteiger partial charge < -0.3 is 15.6 Å². The Morgan fingerprint density at radius 3 is 3.11 bits per heavy atom. The van der Waals surface area contributed by atoms with Crippen molar-refractivity contribution in [3.05, 3.63) is 29.8 Å². The number of hydrogen-bond acceptors (Lipinski definition) is 4. The van der Waals surface area contributed by atoms with E-state index in [4.69, 9.17) is 15.6 Å². The van der Waals surface area contributed by atoms with Crippen molar-refractivity contribution in [3.63, 3.8) is 0 Å². The lowest BCUT2D eigenvalue weighted by Crippen LogP contribution is -2.30. The average molecular weight is 267 g/mol. The summed E-state index contributed by atoms with van der Waals surface area (Å²) in [6.45, 7) is 0.720. The fourth-order valence-electron chi connectivity index (χ4n) is 1.93. The Morgan fingerprint density at radius 2 is 2.33 bits per heavy atom. The highest BCUT2D eigenvalue weighted by atomic mass is 32.2. The molecule has 4 nitrogen and oxygen atoms in total. The number of fused-ring (bicyclic) bond motifs is 1. The van der Waals surface area contributed by atoms with E-state index in [0.29, 0.717) is 12.3 Å². The Morgan fingerprint density at radius 1 is 1.56 bits per heavy atom. The Kier molecular flexibility index (Phi) is 4.49. The second kappa shape index (κ2) is 6.11. The number of rotatable bonds is 6. The fraction of sp³-hybridized carbons (Fsp3) is 0.462. The minimum atomic E-state index is -0.926. The lowest BCUT2D eigenvalue weighted by molar-refractivity contribution is -0.138. The van der Waals surface area contributed by atoms with E-state index in [1.165, 1.54) is 5.56 Å². The van der Waals surface area contributed by atoms with Crippen LogP contribution in [-0.2, 0) is 4.79 Å². The third-order valence-electron chi connectivity index (χ3n) is 3.01. The summed E-state index contributed by atoms with van der Waals surface area (Å²) in [7, 11) is 0. The molecule has 2 atom stereocenters. The molecule has 5 heteroatoms. The Hall–Kier alpha value is -1.20. The largest absolute Gasteiger partial charge is 0.493 e. The molecule has 0 saturated carbocycles. The number of carbonyl (C=O) groups is 1. The highest BCUT2D eigenvalue weighted by Crippen LogP contribution is 2.35. The third kappa shape index (κ3) is 3.17. The summed E-state index contributed by atoms with van der Waals surface area (Å²) < 4.78 is 5.60. The Balaban J connectivity index is 1.74. The molecule has 2 unspecified atom stereocenters. The van der Waals surface area contributed by atoms with Gasteiger partial charge in [0.1, 0.15) is 11.8 Å². The van der Waals surface area contributed by atoms with E-state index in [2.05, 4.69) is 6.07 Å². The molecule has 0 bridgehead atoms. The number of hydrogen-bond donors (Lipinski definition) is 2. The van der Waals surface area contributed by atoms with Gasteiger partial charge in [0.05, 0.1) is 6.61 Å². The molecular formula is C13H17NO3S. The molecule has 0 fully saturated rings. The molecule has 1 aromatic carbocycles. The molecule has 98 valence electrons. The molecule has 0 amide bonds. The van der Waals surface area contributed by atoms with Gasteiger partial charge in [0.25, 0.3) is 0 Å². The van der Waals surface area contributed by atoms with Gasteiger partial charge in [-0.1, -0.05) is 18.2 Å². The smallest absolute Gasteiger partial charge is 0.320 e. The van der Waals surface area contributed by atoms with Crippen molar-refractivity contribution >= 4 is 17.7 Å². The monoisotopic (exact) mass is 267 g/mol. The van der Waals surface area contributed by atoms with Gasteiger partial charge in [-0.15, -0.1) is 0 Å². The number of carboxylic acids is 1. The SMILES string of the molecule is NC(CCSCC1COc2ccccc21)C(=O)O. The number of ether oxygens (including phenoxy) is 1. The van der Waals surface area contributed by atoms with Crippen LogP contribution < -0.4 is 10.5 Å². The van der Waals surface area contributed by atoms with Crippen molar-refractivity contribution in [2.45, 2.75) is 18.4 Å². The number of nitrogens with two attached hydrogens (primary N) is 1. The van der Waals surface area contributed by atoms with Crippen LogP contribution in [0.5, 0.6) is 5.75 Å². The van der Waals surface area contributed by atoms with Crippen LogP contribution in [0.3, 0.4) is 0 Å². The van der Waals surface area contributed by atoms with Gasteiger partial charge in [-0.25, -0.2) is 0 Å². The Bertz CT molecular complexity index is 424. The van der Waals surface area contributed by atoms with E-state index >= 15 is 0 Å². The predicted octanol–water partition coefficient (Wildman–Crippen LogP) is 1.70. The van der Waals surface area contributed by atoms with Crippen molar-refractivity contribution in [1.29, 1.82) is 0 Å². The van der Waals surface area contributed by atoms with Crippen LogP contribution in [0, 0.1) is 0 Å². The summed E-state index contributed by atoms with van der Waals surface area (Å²) >= 11 is 1.74. The highest BCUT2D eigenvalue weighted by molar-refractivity contribution is 7.99. The summed E-state index contributed by atoms with van der Waals surface area (Å²) in [5, 5.41) is 8.67. The molecule has 1 heterocycles. The minimum Gasteiger partial charge on any atom is -0.493 e. The van der Waals surface area contributed by atoms with Gasteiger partial charge in [-0.05, 0) is 18.2 Å². The lowest BCUT2D eigenvalue weighted by Gasteiger charge is -2.09. The zero-order valence-corrected chi connectivity index (χ0v) is 10.9. The normalized spacial score (nSPS) is 19.1. The molecule has 0 radical (unpaired) electrons. The lowest BCUT2D eigenvalue weighted by atomic mass is 10.0. The molecule has 1 aliphatic rings. The van der Waals surface area contributed by atoms with Crippen molar-refractivity contribution < 1.29 is 14.6 Å². The minimum absolute atomic E-state index is 0.409. The highest BCUT2D eigenvalue weighted by Gasteiger charge is 2.23. The van der Waals surface area contributed by atoms with Gasteiger partial charge in [0, 0.05) is 17.2 Å². The standard InChI is InChI=1S/C13H17NO3S/c14-11(13(15)16)5-6-18-8-9-7-17-12-4-2-1-3-10(9)12/h1-4,9,11H,5-8,14H2,(H,15,16). The average Bonchev–Trinajstić information content (AvgIpc) is 2.77. The summed E-state index contributed by atoms with van der Waals surface area (Å²) in [6.07, 6.45) is 0.509. The first kappa shape index (κ1) is 13.2. The molecule has 0 saturated heterocycles. The van der Waals surface area contributed by atoms with Gasteiger partial charge >= 0.3 is 5.97 Å². The molecule has 2 rings (SSSR count). The van der Waals surface area contributed by atoms with E-state index in [-0.39, 0.29) is 0 Å². The zero-order valence-electron chi connectivity index (χ0n) is 10.0. The van der Waals surface area contributed by atoms with Gasteiger partial charge in [-0.3, -0.25) is 4.79 Å². The summed E-state index contributed by atoms with van der Waals surface area (Å²) in [5.41, 5.74) is 6.71. The summed E-state index contributed by atoms with van der Waals surface area (Å²) in [6, 6.07) is 7.33. The second-order valence-electron chi connectivity index (χ2n) is 4.35. The van der Waals surface area contributed by atoms with Crippen molar-refractivity contribution in [3.8, 4) is 5.75 Å². The number of aliphatic carboxylic acids is 1.